The maximum Gasteiger partial charge on any atom is 0.138 e. The van der Waals surface area contributed by atoms with Gasteiger partial charge in [-0.25, -0.2) is 9.67 Å². The predicted molar refractivity (Wildman–Crippen MR) is 87.7 cm³/mol. The molecule has 0 bridgehead atoms. The monoisotopic (exact) mass is 343 g/mol. The first-order valence-corrected chi connectivity index (χ1v) is 7.31. The lowest BCUT2D eigenvalue weighted by Gasteiger charge is -2.32. The number of benzene rings is 1. The molecule has 3 rings (SSSR count). The molecule has 1 unspecified atom stereocenters. The van der Waals surface area contributed by atoms with Crippen LogP contribution < -0.4 is 5.73 Å². The largest absolute Gasteiger partial charge is 0.374 e. The zero-order valence-electron chi connectivity index (χ0n) is 12.1. The van der Waals surface area contributed by atoms with E-state index in [9.17, 15) is 0 Å². The van der Waals surface area contributed by atoms with Crippen molar-refractivity contribution in [2.75, 3.05) is 26.2 Å². The quantitative estimate of drug-likeness (QED) is 0.910. The highest BCUT2D eigenvalue weighted by Gasteiger charge is 2.20. The topological polar surface area (TPSA) is 69.2 Å². The van der Waals surface area contributed by atoms with Gasteiger partial charge in [0.25, 0.3) is 0 Å². The fraction of sp³-hybridized carbons (Fsp3) is 0.429. The van der Waals surface area contributed by atoms with Crippen molar-refractivity contribution in [3.05, 3.63) is 41.4 Å². The summed E-state index contributed by atoms with van der Waals surface area (Å²) in [4.78, 5) is 6.34. The lowest BCUT2D eigenvalue weighted by Crippen LogP contribution is -2.45. The molecule has 120 valence electrons. The van der Waals surface area contributed by atoms with Crippen LogP contribution in [0.3, 0.4) is 0 Å². The van der Waals surface area contributed by atoms with Gasteiger partial charge in [0.1, 0.15) is 12.7 Å². The van der Waals surface area contributed by atoms with Crippen LogP contribution in [0.15, 0.2) is 30.9 Å². The van der Waals surface area contributed by atoms with E-state index in [1.165, 1.54) is 6.33 Å². The lowest BCUT2D eigenvalue weighted by molar-refractivity contribution is -0.0260. The fourth-order valence-corrected chi connectivity index (χ4v) is 2.69. The summed E-state index contributed by atoms with van der Waals surface area (Å²) in [7, 11) is 0. The molecule has 0 aliphatic carbocycles. The summed E-state index contributed by atoms with van der Waals surface area (Å²) in [6.45, 7) is 3.82. The number of hydrogen-bond donors (Lipinski definition) is 1. The molecule has 22 heavy (non-hydrogen) atoms. The Morgan fingerprint density at radius 2 is 2.27 bits per heavy atom. The summed E-state index contributed by atoms with van der Waals surface area (Å²) >= 11 is 6.11. The zero-order chi connectivity index (χ0) is 14.7. The molecule has 1 saturated heterocycles. The number of morpholine rings is 1. The van der Waals surface area contributed by atoms with E-state index >= 15 is 0 Å². The van der Waals surface area contributed by atoms with Gasteiger partial charge in [0.2, 0.25) is 0 Å². The Hall–Kier alpha value is -1.18. The van der Waals surface area contributed by atoms with Crippen LogP contribution in [0.5, 0.6) is 0 Å². The number of aromatic nitrogens is 3. The molecule has 1 aromatic heterocycles. The number of nitrogens with zero attached hydrogens (tertiary/aromatic N) is 4. The minimum absolute atomic E-state index is 0. The highest BCUT2D eigenvalue weighted by molar-refractivity contribution is 6.30. The standard InChI is InChI=1S/C14H18ClN5O.ClH/c15-12-2-1-11(14(5-12)20-10-17-9-18-20)7-19-3-4-21-13(6-16)8-19;/h1-2,5,9-10,13H,3-4,6-8,16H2;1H. The van der Waals surface area contributed by atoms with Crippen molar-refractivity contribution in [1.82, 2.24) is 19.7 Å². The molecule has 0 radical (unpaired) electrons. The highest BCUT2D eigenvalue weighted by Crippen LogP contribution is 2.21. The Balaban J connectivity index is 0.00000176. The molecule has 1 atom stereocenters. The third-order valence-corrected chi connectivity index (χ3v) is 3.83. The first kappa shape index (κ1) is 17.2. The average molecular weight is 344 g/mol. The van der Waals surface area contributed by atoms with Crippen molar-refractivity contribution >= 4 is 24.0 Å². The van der Waals surface area contributed by atoms with Gasteiger partial charge in [-0.15, -0.1) is 12.4 Å². The third-order valence-electron chi connectivity index (χ3n) is 3.59. The van der Waals surface area contributed by atoms with E-state index in [0.29, 0.717) is 18.2 Å². The molecule has 2 aromatic rings. The zero-order valence-corrected chi connectivity index (χ0v) is 13.6. The molecule has 1 aromatic carbocycles. The van der Waals surface area contributed by atoms with E-state index in [-0.39, 0.29) is 18.5 Å². The van der Waals surface area contributed by atoms with Gasteiger partial charge >= 0.3 is 0 Å². The van der Waals surface area contributed by atoms with Gasteiger partial charge < -0.3 is 10.5 Å². The van der Waals surface area contributed by atoms with E-state index in [2.05, 4.69) is 15.0 Å². The Labute approximate surface area is 140 Å². The minimum Gasteiger partial charge on any atom is -0.374 e. The number of ether oxygens (including phenoxy) is 1. The number of rotatable bonds is 4. The third kappa shape index (κ3) is 3.97. The minimum atomic E-state index is 0. The van der Waals surface area contributed by atoms with Gasteiger partial charge in [-0.2, -0.15) is 5.10 Å². The van der Waals surface area contributed by atoms with Gasteiger partial charge in [0.15, 0.2) is 0 Å². The first-order chi connectivity index (χ1) is 10.3. The van der Waals surface area contributed by atoms with Gasteiger partial charge in [0.05, 0.1) is 18.4 Å². The smallest absolute Gasteiger partial charge is 0.138 e. The Kier molecular flexibility index (Phi) is 6.16. The first-order valence-electron chi connectivity index (χ1n) is 6.93. The molecule has 1 fully saturated rings. The lowest BCUT2D eigenvalue weighted by atomic mass is 10.1. The Morgan fingerprint density at radius 1 is 1.41 bits per heavy atom. The Morgan fingerprint density at radius 3 is 3.00 bits per heavy atom. The van der Waals surface area contributed by atoms with Crippen molar-refractivity contribution in [2.24, 2.45) is 5.73 Å². The van der Waals surface area contributed by atoms with Crippen LogP contribution in [0.1, 0.15) is 5.56 Å². The van der Waals surface area contributed by atoms with E-state index in [1.54, 1.807) is 11.0 Å². The van der Waals surface area contributed by atoms with Gasteiger partial charge in [0, 0.05) is 31.2 Å². The van der Waals surface area contributed by atoms with Crippen LogP contribution >= 0.6 is 24.0 Å². The SMILES string of the molecule is Cl.NCC1CN(Cc2ccc(Cl)cc2-n2cncn2)CCO1. The summed E-state index contributed by atoms with van der Waals surface area (Å²) in [5.41, 5.74) is 7.80. The van der Waals surface area contributed by atoms with Crippen LogP contribution in [-0.4, -0.2) is 52.0 Å². The summed E-state index contributed by atoms with van der Waals surface area (Å²) in [5, 5.41) is 4.88. The van der Waals surface area contributed by atoms with Crippen molar-refractivity contribution in [2.45, 2.75) is 12.6 Å². The second-order valence-electron chi connectivity index (χ2n) is 5.08. The van der Waals surface area contributed by atoms with E-state index in [4.69, 9.17) is 22.1 Å². The summed E-state index contributed by atoms with van der Waals surface area (Å²) in [5.74, 6) is 0. The molecule has 1 aliphatic heterocycles. The van der Waals surface area contributed by atoms with Crippen LogP contribution in [-0.2, 0) is 11.3 Å². The van der Waals surface area contributed by atoms with Crippen molar-refractivity contribution < 1.29 is 4.74 Å². The summed E-state index contributed by atoms with van der Waals surface area (Å²) in [6, 6.07) is 5.84. The maximum atomic E-state index is 6.11. The van der Waals surface area contributed by atoms with Crippen LogP contribution in [0.4, 0.5) is 0 Å². The molecule has 6 nitrogen and oxygen atoms in total. The molecule has 2 N–H and O–H groups in total. The van der Waals surface area contributed by atoms with Crippen molar-refractivity contribution in [3.8, 4) is 5.69 Å². The van der Waals surface area contributed by atoms with Gasteiger partial charge in [-0.05, 0) is 17.7 Å². The fourth-order valence-electron chi connectivity index (χ4n) is 2.52. The van der Waals surface area contributed by atoms with E-state index in [0.717, 1.165) is 30.9 Å². The van der Waals surface area contributed by atoms with Gasteiger partial charge in [-0.1, -0.05) is 17.7 Å². The molecule has 0 saturated carbocycles. The normalized spacial score (nSPS) is 18.9. The number of hydrogen-bond acceptors (Lipinski definition) is 5. The average Bonchev–Trinajstić information content (AvgIpc) is 3.03. The van der Waals surface area contributed by atoms with Crippen LogP contribution in [0.25, 0.3) is 5.69 Å². The molecular formula is C14H19Cl2N5O. The molecule has 0 spiro atoms. The summed E-state index contributed by atoms with van der Waals surface area (Å²) < 4.78 is 7.34. The molecular weight excluding hydrogens is 325 g/mol. The second kappa shape index (κ2) is 7.89. The Bertz CT molecular complexity index is 593. The summed E-state index contributed by atoms with van der Waals surface area (Å²) in [6.07, 6.45) is 3.31. The number of halogens is 2. The highest BCUT2D eigenvalue weighted by atomic mass is 35.5. The number of nitrogens with two attached hydrogens (primary N) is 1. The second-order valence-corrected chi connectivity index (χ2v) is 5.51. The molecule has 1 aliphatic rings. The maximum absolute atomic E-state index is 6.11. The van der Waals surface area contributed by atoms with Crippen molar-refractivity contribution in [1.29, 1.82) is 0 Å². The molecule has 8 heteroatoms. The van der Waals surface area contributed by atoms with Gasteiger partial charge in [-0.3, -0.25) is 4.90 Å². The van der Waals surface area contributed by atoms with Crippen LogP contribution in [0.2, 0.25) is 5.02 Å². The molecule has 0 amide bonds. The molecule has 2 heterocycles. The van der Waals surface area contributed by atoms with E-state index < -0.39 is 0 Å². The predicted octanol–water partition coefficient (Wildman–Crippen LogP) is 1.50. The van der Waals surface area contributed by atoms with Crippen molar-refractivity contribution in [3.63, 3.8) is 0 Å². The van der Waals surface area contributed by atoms with Crippen LogP contribution in [0, 0.1) is 0 Å². The van der Waals surface area contributed by atoms with E-state index in [1.807, 2.05) is 18.2 Å².